The maximum atomic E-state index is 6.18. The molecule has 1 spiro atoms. The van der Waals surface area contributed by atoms with E-state index in [1.807, 2.05) is 0 Å². The second kappa shape index (κ2) is 5.54. The van der Waals surface area contributed by atoms with Gasteiger partial charge in [-0.15, -0.1) is 0 Å². The van der Waals surface area contributed by atoms with Crippen LogP contribution in [0.2, 0.25) is 0 Å². The number of ether oxygens (including phenoxy) is 2. The van der Waals surface area contributed by atoms with Crippen LogP contribution in [0.25, 0.3) is 0 Å². The Morgan fingerprint density at radius 3 is 2.84 bits per heavy atom. The zero-order valence-electron chi connectivity index (χ0n) is 11.9. The van der Waals surface area contributed by atoms with Crippen LogP contribution >= 0.6 is 0 Å². The minimum atomic E-state index is 0.130. The SMILES string of the molecule is Cc1cccc(OC2CCOC3(CCCCC3)C2)c1. The van der Waals surface area contributed by atoms with Crippen molar-refractivity contribution in [3.05, 3.63) is 29.8 Å². The molecule has 1 heterocycles. The van der Waals surface area contributed by atoms with E-state index < -0.39 is 0 Å². The molecule has 0 bridgehead atoms. The molecule has 1 aromatic rings. The summed E-state index contributed by atoms with van der Waals surface area (Å²) in [5.74, 6) is 1.01. The van der Waals surface area contributed by atoms with Crippen LogP contribution < -0.4 is 4.74 Å². The van der Waals surface area contributed by atoms with Crippen LogP contribution in [0.4, 0.5) is 0 Å². The standard InChI is InChI=1S/C17H24O2/c1-14-6-5-7-15(12-14)19-16-8-11-18-17(13-16)9-3-2-4-10-17/h5-7,12,16H,2-4,8-11,13H2,1H3. The van der Waals surface area contributed by atoms with E-state index in [0.717, 1.165) is 25.2 Å². The van der Waals surface area contributed by atoms with Crippen molar-refractivity contribution in [3.63, 3.8) is 0 Å². The van der Waals surface area contributed by atoms with Gasteiger partial charge < -0.3 is 9.47 Å². The van der Waals surface area contributed by atoms with Gasteiger partial charge in [-0.25, -0.2) is 0 Å². The molecule has 1 atom stereocenters. The van der Waals surface area contributed by atoms with Gasteiger partial charge in [-0.05, 0) is 37.5 Å². The van der Waals surface area contributed by atoms with Crippen molar-refractivity contribution in [3.8, 4) is 5.75 Å². The molecular weight excluding hydrogens is 236 g/mol. The molecule has 19 heavy (non-hydrogen) atoms. The number of hydrogen-bond acceptors (Lipinski definition) is 2. The first-order valence-electron chi connectivity index (χ1n) is 7.63. The van der Waals surface area contributed by atoms with Gasteiger partial charge >= 0.3 is 0 Å². The molecule has 3 rings (SSSR count). The Kier molecular flexibility index (Phi) is 3.79. The van der Waals surface area contributed by atoms with Crippen molar-refractivity contribution in [2.24, 2.45) is 0 Å². The van der Waals surface area contributed by atoms with Crippen LogP contribution in [0.5, 0.6) is 5.75 Å². The lowest BCUT2D eigenvalue weighted by atomic mass is 9.79. The number of aryl methyl sites for hydroxylation is 1. The predicted molar refractivity (Wildman–Crippen MR) is 76.6 cm³/mol. The lowest BCUT2D eigenvalue weighted by molar-refractivity contribution is -0.129. The van der Waals surface area contributed by atoms with Crippen molar-refractivity contribution >= 4 is 0 Å². The van der Waals surface area contributed by atoms with Gasteiger partial charge in [0.25, 0.3) is 0 Å². The van der Waals surface area contributed by atoms with Gasteiger partial charge in [0, 0.05) is 12.8 Å². The first kappa shape index (κ1) is 13.0. The summed E-state index contributed by atoms with van der Waals surface area (Å²) in [5.41, 5.74) is 1.39. The van der Waals surface area contributed by atoms with E-state index in [4.69, 9.17) is 9.47 Å². The number of hydrogen-bond donors (Lipinski definition) is 0. The third-order valence-electron chi connectivity index (χ3n) is 4.50. The van der Waals surface area contributed by atoms with Gasteiger partial charge in [-0.1, -0.05) is 31.4 Å². The molecule has 1 saturated heterocycles. The summed E-state index contributed by atoms with van der Waals surface area (Å²) in [6.07, 6.45) is 8.87. The Morgan fingerprint density at radius 1 is 1.21 bits per heavy atom. The molecule has 0 aromatic heterocycles. The molecule has 1 aromatic carbocycles. The topological polar surface area (TPSA) is 18.5 Å². The third kappa shape index (κ3) is 3.11. The minimum absolute atomic E-state index is 0.130. The molecule has 2 heteroatoms. The summed E-state index contributed by atoms with van der Waals surface area (Å²) in [7, 11) is 0. The molecule has 2 nitrogen and oxygen atoms in total. The second-order valence-corrected chi connectivity index (χ2v) is 6.14. The maximum Gasteiger partial charge on any atom is 0.119 e. The van der Waals surface area contributed by atoms with E-state index in [1.165, 1.54) is 37.7 Å². The molecular formula is C17H24O2. The summed E-state index contributed by atoms with van der Waals surface area (Å²) in [6.45, 7) is 2.97. The molecule has 1 aliphatic heterocycles. The summed E-state index contributed by atoms with van der Waals surface area (Å²) in [4.78, 5) is 0. The van der Waals surface area contributed by atoms with E-state index >= 15 is 0 Å². The van der Waals surface area contributed by atoms with Crippen molar-refractivity contribution in [1.82, 2.24) is 0 Å². The van der Waals surface area contributed by atoms with Gasteiger partial charge in [0.15, 0.2) is 0 Å². The van der Waals surface area contributed by atoms with Crippen LogP contribution in [-0.4, -0.2) is 18.3 Å². The molecule has 2 fully saturated rings. The Morgan fingerprint density at radius 2 is 2.05 bits per heavy atom. The highest BCUT2D eigenvalue weighted by Crippen LogP contribution is 2.39. The molecule has 1 unspecified atom stereocenters. The highest BCUT2D eigenvalue weighted by Gasteiger charge is 2.39. The van der Waals surface area contributed by atoms with Gasteiger partial charge in [-0.3, -0.25) is 0 Å². The molecule has 104 valence electrons. The quantitative estimate of drug-likeness (QED) is 0.791. The molecule has 0 amide bonds. The summed E-state index contributed by atoms with van der Waals surface area (Å²) < 4.78 is 12.3. The van der Waals surface area contributed by atoms with Gasteiger partial charge in [0.1, 0.15) is 11.9 Å². The minimum Gasteiger partial charge on any atom is -0.490 e. The summed E-state index contributed by atoms with van der Waals surface area (Å²) in [6, 6.07) is 8.37. The van der Waals surface area contributed by atoms with Crippen molar-refractivity contribution in [1.29, 1.82) is 0 Å². The Bertz CT molecular complexity index is 416. The summed E-state index contributed by atoms with van der Waals surface area (Å²) >= 11 is 0. The van der Waals surface area contributed by atoms with Gasteiger partial charge in [0.05, 0.1) is 12.2 Å². The highest BCUT2D eigenvalue weighted by molar-refractivity contribution is 5.27. The van der Waals surface area contributed by atoms with Crippen LogP contribution in [0, 0.1) is 6.92 Å². The number of benzene rings is 1. The smallest absolute Gasteiger partial charge is 0.119 e. The summed E-state index contributed by atoms with van der Waals surface area (Å²) in [5, 5.41) is 0. The average molecular weight is 260 g/mol. The fourth-order valence-corrected chi connectivity index (χ4v) is 3.51. The van der Waals surface area contributed by atoms with E-state index in [1.54, 1.807) is 0 Å². The Hall–Kier alpha value is -1.02. The fraction of sp³-hybridized carbons (Fsp3) is 0.647. The highest BCUT2D eigenvalue weighted by atomic mass is 16.5. The van der Waals surface area contributed by atoms with E-state index in [9.17, 15) is 0 Å². The molecule has 0 radical (unpaired) electrons. The molecule has 1 aliphatic carbocycles. The van der Waals surface area contributed by atoms with Gasteiger partial charge in [-0.2, -0.15) is 0 Å². The zero-order valence-corrected chi connectivity index (χ0v) is 11.9. The average Bonchev–Trinajstić information content (AvgIpc) is 2.40. The van der Waals surface area contributed by atoms with Crippen LogP contribution in [0.1, 0.15) is 50.5 Å². The normalized spacial score (nSPS) is 26.3. The molecule has 0 N–H and O–H groups in total. The molecule has 2 aliphatic rings. The van der Waals surface area contributed by atoms with Crippen molar-refractivity contribution < 1.29 is 9.47 Å². The largest absolute Gasteiger partial charge is 0.490 e. The maximum absolute atomic E-state index is 6.18. The Balaban J connectivity index is 1.65. The van der Waals surface area contributed by atoms with E-state index in [-0.39, 0.29) is 5.60 Å². The Labute approximate surface area is 116 Å². The third-order valence-corrected chi connectivity index (χ3v) is 4.50. The van der Waals surface area contributed by atoms with Crippen molar-refractivity contribution in [2.75, 3.05) is 6.61 Å². The van der Waals surface area contributed by atoms with E-state index in [0.29, 0.717) is 6.10 Å². The zero-order chi connectivity index (χ0) is 13.1. The van der Waals surface area contributed by atoms with Crippen LogP contribution in [0.3, 0.4) is 0 Å². The first-order chi connectivity index (χ1) is 9.26. The van der Waals surface area contributed by atoms with Crippen molar-refractivity contribution in [2.45, 2.75) is 63.6 Å². The number of rotatable bonds is 2. The van der Waals surface area contributed by atoms with Gasteiger partial charge in [0.2, 0.25) is 0 Å². The first-order valence-corrected chi connectivity index (χ1v) is 7.63. The van der Waals surface area contributed by atoms with Crippen LogP contribution in [0.15, 0.2) is 24.3 Å². The fourth-order valence-electron chi connectivity index (χ4n) is 3.51. The second-order valence-electron chi connectivity index (χ2n) is 6.14. The molecule has 1 saturated carbocycles. The predicted octanol–water partition coefficient (Wildman–Crippen LogP) is 4.26. The lowest BCUT2D eigenvalue weighted by Gasteiger charge is -2.43. The lowest BCUT2D eigenvalue weighted by Crippen LogP contribution is -2.45. The van der Waals surface area contributed by atoms with Crippen LogP contribution in [-0.2, 0) is 4.74 Å². The monoisotopic (exact) mass is 260 g/mol. The van der Waals surface area contributed by atoms with E-state index in [2.05, 4.69) is 31.2 Å².